The fraction of sp³-hybridized carbons (Fsp3) is 0.231. The minimum Gasteiger partial charge on any atom is -0.352 e. The highest BCUT2D eigenvalue weighted by Crippen LogP contribution is 2.02. The van der Waals surface area contributed by atoms with Gasteiger partial charge < -0.3 is 9.72 Å². The molecule has 0 amide bonds. The van der Waals surface area contributed by atoms with Gasteiger partial charge in [-0.15, -0.1) is 0 Å². The van der Waals surface area contributed by atoms with E-state index in [9.17, 15) is 9.18 Å². The van der Waals surface area contributed by atoms with Gasteiger partial charge in [-0.05, 0) is 23.4 Å². The molecule has 0 bridgehead atoms. The van der Waals surface area contributed by atoms with Gasteiger partial charge in [-0.1, -0.05) is 31.7 Å². The predicted molar refractivity (Wildman–Crippen MR) is 82.4 cm³/mol. The van der Waals surface area contributed by atoms with Crippen LogP contribution < -0.4 is 10.6 Å². The van der Waals surface area contributed by atoms with Crippen LogP contribution in [0.2, 0.25) is 0 Å². The summed E-state index contributed by atoms with van der Waals surface area (Å²) in [6.07, 6.45) is 2.02. The molecule has 2 unspecified atom stereocenters. The number of nitrogens with zero attached hydrogens (tertiary/aromatic N) is 1. The molecule has 0 aromatic carbocycles. The summed E-state index contributed by atoms with van der Waals surface area (Å²) >= 11 is 3.26. The fourth-order valence-corrected chi connectivity index (χ4v) is 1.90. The number of nitriles is 1. The predicted octanol–water partition coefficient (Wildman–Crippen LogP) is 1.38. The van der Waals surface area contributed by atoms with Crippen LogP contribution in [0.4, 0.5) is 4.39 Å². The molecule has 0 saturated carbocycles. The Bertz CT molecular complexity index is 661. The lowest BCUT2D eigenvalue weighted by molar-refractivity contribution is 0.0504. The SMILES string of the molecule is C=C(C#N)C(=O)c1cc(=C/COC(F)P)/c(=C\CBr)[nH]1. The van der Waals surface area contributed by atoms with Crippen LogP contribution in [0.3, 0.4) is 0 Å². The molecule has 1 heterocycles. The van der Waals surface area contributed by atoms with Gasteiger partial charge in [0.25, 0.3) is 0 Å². The third-order valence-electron chi connectivity index (χ3n) is 2.37. The van der Waals surface area contributed by atoms with E-state index in [0.29, 0.717) is 15.9 Å². The summed E-state index contributed by atoms with van der Waals surface area (Å²) in [6, 6.07) is 3.29. The Labute approximate surface area is 126 Å². The van der Waals surface area contributed by atoms with E-state index in [-0.39, 0.29) is 17.9 Å². The van der Waals surface area contributed by atoms with Crippen LogP contribution >= 0.6 is 25.2 Å². The lowest BCUT2D eigenvalue weighted by Crippen LogP contribution is -2.23. The van der Waals surface area contributed by atoms with E-state index in [2.05, 4.69) is 27.5 Å². The highest BCUT2D eigenvalue weighted by molar-refractivity contribution is 9.09. The molecule has 0 aliphatic heterocycles. The molecule has 20 heavy (non-hydrogen) atoms. The van der Waals surface area contributed by atoms with Crippen molar-refractivity contribution in [2.24, 2.45) is 0 Å². The molecule has 4 nitrogen and oxygen atoms in total. The quantitative estimate of drug-likeness (QED) is 0.274. The largest absolute Gasteiger partial charge is 0.352 e. The van der Waals surface area contributed by atoms with Crippen molar-refractivity contribution in [3.05, 3.63) is 34.5 Å². The standard InChI is InChI=1S/C13H13BrFN2O2P/c1-8(7-16)12(18)11-6-9(3-5-19-13(15)20)10(17-11)2-4-14/h2-3,6,13,17H,1,4-5,20H2/b9-3-,10-2+. The van der Waals surface area contributed by atoms with E-state index < -0.39 is 11.9 Å². The van der Waals surface area contributed by atoms with E-state index in [1.807, 2.05) is 15.3 Å². The first kappa shape index (κ1) is 16.8. The second kappa shape index (κ2) is 8.11. The number of ether oxygens (including phenoxy) is 1. The van der Waals surface area contributed by atoms with E-state index in [0.717, 1.165) is 0 Å². The van der Waals surface area contributed by atoms with Crippen LogP contribution in [0.25, 0.3) is 12.2 Å². The van der Waals surface area contributed by atoms with Gasteiger partial charge in [-0.2, -0.15) is 5.26 Å². The lowest BCUT2D eigenvalue weighted by Gasteiger charge is -1.98. The van der Waals surface area contributed by atoms with Gasteiger partial charge in [-0.25, -0.2) is 4.39 Å². The number of rotatable bonds is 6. The molecule has 0 radical (unpaired) electrons. The van der Waals surface area contributed by atoms with Crippen molar-refractivity contribution in [1.29, 1.82) is 5.26 Å². The zero-order valence-corrected chi connectivity index (χ0v) is 13.3. The van der Waals surface area contributed by atoms with Crippen molar-refractivity contribution in [3.63, 3.8) is 0 Å². The maximum Gasteiger partial charge on any atom is 0.219 e. The second-order valence-corrected chi connectivity index (χ2v) is 4.89. The Morgan fingerprint density at radius 3 is 2.95 bits per heavy atom. The van der Waals surface area contributed by atoms with Crippen molar-refractivity contribution in [2.75, 3.05) is 11.9 Å². The first-order chi connectivity index (χ1) is 9.49. The molecule has 106 valence electrons. The molecule has 0 spiro atoms. The molecule has 1 N–H and O–H groups in total. The summed E-state index contributed by atoms with van der Waals surface area (Å²) in [5.74, 6) is -0.466. The van der Waals surface area contributed by atoms with E-state index >= 15 is 0 Å². The monoisotopic (exact) mass is 358 g/mol. The average Bonchev–Trinajstić information content (AvgIpc) is 2.80. The Morgan fingerprint density at radius 2 is 2.40 bits per heavy atom. The van der Waals surface area contributed by atoms with Gasteiger partial charge in [0.15, 0.2) is 0 Å². The number of Topliss-reactive ketones (excluding diaryl/α,β-unsaturated/α-hetero) is 1. The number of nitrogens with one attached hydrogen (secondary N) is 1. The zero-order chi connectivity index (χ0) is 15.1. The first-order valence-electron chi connectivity index (χ1n) is 5.60. The maximum atomic E-state index is 12.5. The number of ketones is 1. The van der Waals surface area contributed by atoms with Crippen LogP contribution in [0.15, 0.2) is 18.2 Å². The van der Waals surface area contributed by atoms with E-state index in [1.54, 1.807) is 18.2 Å². The molecule has 0 saturated heterocycles. The molecule has 1 aromatic rings. The summed E-state index contributed by atoms with van der Waals surface area (Å²) in [4.78, 5) is 14.7. The molecule has 2 atom stereocenters. The molecule has 1 rings (SSSR count). The number of aromatic amines is 1. The molecule has 1 aromatic heterocycles. The van der Waals surface area contributed by atoms with Gasteiger partial charge in [0, 0.05) is 10.7 Å². The van der Waals surface area contributed by atoms with E-state index in [4.69, 9.17) is 10.00 Å². The lowest BCUT2D eigenvalue weighted by atomic mass is 10.1. The average molecular weight is 359 g/mol. The third kappa shape index (κ3) is 4.68. The van der Waals surface area contributed by atoms with Crippen molar-refractivity contribution >= 4 is 43.1 Å². The van der Waals surface area contributed by atoms with Crippen LogP contribution in [0, 0.1) is 11.3 Å². The molecule has 0 fully saturated rings. The van der Waals surface area contributed by atoms with Gasteiger partial charge in [0.2, 0.25) is 11.9 Å². The fourth-order valence-electron chi connectivity index (χ4n) is 1.47. The number of hydrogen-bond donors (Lipinski definition) is 1. The first-order valence-corrected chi connectivity index (χ1v) is 7.38. The summed E-state index contributed by atoms with van der Waals surface area (Å²) in [7, 11) is 1.88. The molecular formula is C13H13BrFN2O2P. The number of aromatic nitrogens is 1. The van der Waals surface area contributed by atoms with E-state index in [1.165, 1.54) is 0 Å². The van der Waals surface area contributed by atoms with Gasteiger partial charge in [-0.3, -0.25) is 4.79 Å². The summed E-state index contributed by atoms with van der Waals surface area (Å²) in [6.45, 7) is 3.45. The third-order valence-corrected chi connectivity index (χ3v) is 2.89. The minimum atomic E-state index is -1.44. The molecule has 0 aliphatic rings. The number of halogens is 2. The van der Waals surface area contributed by atoms with Gasteiger partial charge >= 0.3 is 0 Å². The highest BCUT2D eigenvalue weighted by atomic mass is 79.9. The smallest absolute Gasteiger partial charge is 0.219 e. The van der Waals surface area contributed by atoms with Crippen LogP contribution in [0.1, 0.15) is 10.5 Å². The Hall–Kier alpha value is -1.28. The second-order valence-electron chi connectivity index (χ2n) is 3.72. The molecular weight excluding hydrogens is 346 g/mol. The number of carbonyl (C=O) groups excluding carboxylic acids is 1. The number of hydrogen-bond acceptors (Lipinski definition) is 3. The van der Waals surface area contributed by atoms with Crippen molar-refractivity contribution in [1.82, 2.24) is 4.98 Å². The normalized spacial score (nSPS) is 14.1. The Balaban J connectivity index is 3.16. The minimum absolute atomic E-state index is 0.0679. The number of carbonyl (C=O) groups is 1. The van der Waals surface area contributed by atoms with Crippen LogP contribution in [0.5, 0.6) is 0 Å². The van der Waals surface area contributed by atoms with Crippen LogP contribution in [-0.2, 0) is 4.74 Å². The summed E-state index contributed by atoms with van der Waals surface area (Å²) in [5.41, 5.74) is 0.117. The highest BCUT2D eigenvalue weighted by Gasteiger charge is 2.11. The summed E-state index contributed by atoms with van der Waals surface area (Å²) in [5, 5.41) is 10.6. The number of allylic oxidation sites excluding steroid dienone is 1. The molecule has 0 aliphatic carbocycles. The summed E-state index contributed by atoms with van der Waals surface area (Å²) < 4.78 is 17.3. The van der Waals surface area contributed by atoms with Crippen molar-refractivity contribution in [2.45, 2.75) is 6.10 Å². The van der Waals surface area contributed by atoms with Gasteiger partial charge in [0.05, 0.1) is 17.9 Å². The van der Waals surface area contributed by atoms with Crippen molar-refractivity contribution < 1.29 is 13.9 Å². The van der Waals surface area contributed by atoms with Crippen LogP contribution in [-0.4, -0.2) is 28.8 Å². The number of H-pyrrole nitrogens is 1. The number of alkyl halides is 2. The van der Waals surface area contributed by atoms with Crippen molar-refractivity contribution in [3.8, 4) is 6.07 Å². The Morgan fingerprint density at radius 1 is 1.70 bits per heavy atom. The van der Waals surface area contributed by atoms with Gasteiger partial charge in [0.1, 0.15) is 6.07 Å². The molecule has 7 heteroatoms. The Kier molecular flexibility index (Phi) is 6.80. The maximum absolute atomic E-state index is 12.5. The zero-order valence-electron chi connectivity index (χ0n) is 10.5. The topological polar surface area (TPSA) is 65.9 Å².